The molecule has 0 saturated carbocycles. The molecule has 0 bridgehead atoms. The Balaban J connectivity index is 2.42. The lowest BCUT2D eigenvalue weighted by atomic mass is 10.1. The van der Waals surface area contributed by atoms with Crippen LogP contribution in [0, 0.1) is 0 Å². The van der Waals surface area contributed by atoms with E-state index in [0.717, 1.165) is 0 Å². The largest absolute Gasteiger partial charge is 0.316 e. The summed E-state index contributed by atoms with van der Waals surface area (Å²) in [5.74, 6) is 1.30. The number of nitrogens with zero attached hydrogens (tertiary/aromatic N) is 2. The fourth-order valence-corrected chi connectivity index (χ4v) is 1.87. The highest BCUT2D eigenvalue weighted by Crippen LogP contribution is 2.34. The molecule has 0 fully saturated rings. The van der Waals surface area contributed by atoms with E-state index in [9.17, 15) is 9.59 Å². The normalized spacial score (nSPS) is 22.3. The molecule has 2 aliphatic heterocycles. The molecule has 88 valence electrons. The predicted octanol–water partition coefficient (Wildman–Crippen LogP) is 1.81. The number of hydrogen-bond acceptors (Lipinski definition) is 4. The van der Waals surface area contributed by atoms with E-state index < -0.39 is 15.6 Å². The summed E-state index contributed by atoms with van der Waals surface area (Å²) in [6, 6.07) is -1.03. The van der Waals surface area contributed by atoms with Crippen LogP contribution in [-0.4, -0.2) is 32.3 Å². The number of halogens is 3. The fourth-order valence-electron chi connectivity index (χ4n) is 1.56. The first kappa shape index (κ1) is 12.4. The Morgan fingerprint density at radius 2 is 2.12 bits per heavy atom. The Hall–Kier alpha value is -1.06. The van der Waals surface area contributed by atoms with Gasteiger partial charge in [0.15, 0.2) is 17.7 Å². The number of alkyl halides is 3. The molecule has 0 radical (unpaired) electrons. The summed E-state index contributed by atoms with van der Waals surface area (Å²) in [4.78, 5) is 28.1. The predicted molar refractivity (Wildman–Crippen MR) is 65.8 cm³/mol. The Labute approximate surface area is 112 Å². The van der Waals surface area contributed by atoms with E-state index in [-0.39, 0.29) is 5.70 Å². The van der Waals surface area contributed by atoms with Crippen LogP contribution in [0.2, 0.25) is 0 Å². The number of Topliss-reactive ketones (excluding diaryl/α,β-unsaturated/α-hetero) is 1. The lowest BCUT2D eigenvalue weighted by Crippen LogP contribution is -2.43. The molecule has 0 aromatic rings. The molecule has 0 N–H and O–H groups in total. The first-order valence-electron chi connectivity index (χ1n) is 4.53. The van der Waals surface area contributed by atoms with Gasteiger partial charge in [-0.3, -0.25) is 4.79 Å². The van der Waals surface area contributed by atoms with Gasteiger partial charge in [-0.2, -0.15) is 0 Å². The molecule has 2 heterocycles. The molecule has 0 spiro atoms. The van der Waals surface area contributed by atoms with Gasteiger partial charge in [-0.25, -0.2) is 9.79 Å². The number of aliphatic imine (C=N–C) groups is 1. The van der Waals surface area contributed by atoms with E-state index in [0.29, 0.717) is 5.84 Å². The van der Waals surface area contributed by atoms with Gasteiger partial charge in [-0.05, 0) is 12.2 Å². The van der Waals surface area contributed by atoms with Crippen molar-refractivity contribution < 1.29 is 9.59 Å². The van der Waals surface area contributed by atoms with E-state index >= 15 is 0 Å². The molecule has 2 rings (SSSR count). The van der Waals surface area contributed by atoms with Crippen LogP contribution in [0.4, 0.5) is 0 Å². The second-order valence-electron chi connectivity index (χ2n) is 3.33. The van der Waals surface area contributed by atoms with Crippen molar-refractivity contribution in [3.63, 3.8) is 0 Å². The van der Waals surface area contributed by atoms with Crippen LogP contribution in [0.1, 0.15) is 0 Å². The molecule has 17 heavy (non-hydrogen) atoms. The van der Waals surface area contributed by atoms with Crippen LogP contribution < -0.4 is 0 Å². The molecule has 0 aliphatic carbocycles. The molecule has 0 aromatic carbocycles. The summed E-state index contributed by atoms with van der Waals surface area (Å²) < 4.78 is -2.10. The minimum Gasteiger partial charge on any atom is -0.316 e. The maximum Gasteiger partial charge on any atom is 0.251 e. The monoisotopic (exact) mass is 290 g/mol. The van der Waals surface area contributed by atoms with Crippen molar-refractivity contribution in [3.8, 4) is 0 Å². The quantitative estimate of drug-likeness (QED) is 0.547. The number of allylic oxidation sites excluding steroid dienone is 2. The summed E-state index contributed by atoms with van der Waals surface area (Å²) in [5, 5.41) is 0. The van der Waals surface area contributed by atoms with Crippen molar-refractivity contribution in [2.24, 2.45) is 4.99 Å². The second kappa shape index (κ2) is 4.31. The average molecular weight is 292 g/mol. The van der Waals surface area contributed by atoms with Crippen molar-refractivity contribution in [1.29, 1.82) is 0 Å². The molecular weight excluding hydrogens is 286 g/mol. The lowest BCUT2D eigenvalue weighted by Gasteiger charge is -2.25. The van der Waals surface area contributed by atoms with E-state index in [1.807, 2.05) is 0 Å². The van der Waals surface area contributed by atoms with Crippen LogP contribution in [0.5, 0.6) is 0 Å². The van der Waals surface area contributed by atoms with Gasteiger partial charge in [0.1, 0.15) is 5.84 Å². The minimum atomic E-state index is -2.10. The van der Waals surface area contributed by atoms with Crippen molar-refractivity contribution in [2.75, 3.05) is 0 Å². The zero-order chi connectivity index (χ0) is 12.6. The maximum atomic E-state index is 11.9. The molecule has 2 aliphatic rings. The van der Waals surface area contributed by atoms with Gasteiger partial charge in [0.05, 0.1) is 0 Å². The van der Waals surface area contributed by atoms with Crippen LogP contribution in [0.25, 0.3) is 0 Å². The fraction of sp³-hybridized carbons (Fsp3) is 0.200. The zero-order valence-corrected chi connectivity index (χ0v) is 10.5. The molecule has 1 unspecified atom stereocenters. The average Bonchev–Trinajstić information content (AvgIpc) is 2.64. The number of carbonyl (C=O) groups is 1. The summed E-state index contributed by atoms with van der Waals surface area (Å²) >= 11 is 16.6. The van der Waals surface area contributed by atoms with Crippen LogP contribution >= 0.6 is 34.8 Å². The van der Waals surface area contributed by atoms with Crippen molar-refractivity contribution in [1.82, 2.24) is 4.90 Å². The van der Waals surface area contributed by atoms with Gasteiger partial charge in [0, 0.05) is 6.20 Å². The number of fused-ring (bicyclic) bond motifs is 1. The zero-order valence-electron chi connectivity index (χ0n) is 8.23. The molecule has 0 aromatic heterocycles. The summed E-state index contributed by atoms with van der Waals surface area (Å²) in [6.45, 7) is 0. The number of rotatable bonds is 1. The summed E-state index contributed by atoms with van der Waals surface area (Å²) in [5.41, 5.74) is -0.0903. The Kier molecular flexibility index (Phi) is 3.15. The van der Waals surface area contributed by atoms with E-state index in [1.165, 1.54) is 4.90 Å². The van der Waals surface area contributed by atoms with Gasteiger partial charge in [-0.15, -0.1) is 0 Å². The summed E-state index contributed by atoms with van der Waals surface area (Å²) in [7, 11) is 0. The lowest BCUT2D eigenvalue weighted by molar-refractivity contribution is -0.120. The highest BCUT2D eigenvalue weighted by molar-refractivity contribution is 6.76. The number of ketones is 1. The summed E-state index contributed by atoms with van der Waals surface area (Å²) in [6.07, 6.45) is 6.64. The highest BCUT2D eigenvalue weighted by atomic mass is 35.6. The molecule has 0 saturated heterocycles. The van der Waals surface area contributed by atoms with Crippen LogP contribution in [-0.2, 0) is 9.59 Å². The second-order valence-corrected chi connectivity index (χ2v) is 5.61. The topological polar surface area (TPSA) is 49.7 Å². The molecular formula is C10H5Cl3N2O2. The van der Waals surface area contributed by atoms with Gasteiger partial charge in [0.25, 0.3) is 3.79 Å². The SMILES string of the molecule is O=C=C1N=C2C=CC=CN2C1C(=O)C(Cl)(Cl)Cl. The van der Waals surface area contributed by atoms with Gasteiger partial charge in [0.2, 0.25) is 5.78 Å². The number of carbonyl (C=O) groups excluding carboxylic acids is 2. The van der Waals surface area contributed by atoms with Gasteiger partial charge in [-0.1, -0.05) is 40.9 Å². The first-order valence-corrected chi connectivity index (χ1v) is 5.66. The van der Waals surface area contributed by atoms with E-state index in [2.05, 4.69) is 4.99 Å². The Morgan fingerprint density at radius 3 is 2.71 bits per heavy atom. The number of hydrogen-bond donors (Lipinski definition) is 0. The standard InChI is InChI=1S/C10H5Cl3N2O2/c11-10(12,13)9(17)8-6(5-16)14-7-3-1-2-4-15(7)8/h1-4,8H. The maximum absolute atomic E-state index is 11.9. The minimum absolute atomic E-state index is 0.0903. The van der Waals surface area contributed by atoms with Crippen LogP contribution in [0.3, 0.4) is 0 Å². The molecule has 7 heteroatoms. The van der Waals surface area contributed by atoms with Crippen molar-refractivity contribution in [2.45, 2.75) is 9.83 Å². The van der Waals surface area contributed by atoms with Crippen molar-refractivity contribution in [3.05, 3.63) is 30.1 Å². The van der Waals surface area contributed by atoms with Crippen LogP contribution in [0.15, 0.2) is 35.1 Å². The Morgan fingerprint density at radius 1 is 1.41 bits per heavy atom. The van der Waals surface area contributed by atoms with Gasteiger partial charge >= 0.3 is 0 Å². The third kappa shape index (κ3) is 2.17. The highest BCUT2D eigenvalue weighted by Gasteiger charge is 2.45. The van der Waals surface area contributed by atoms with E-state index in [1.54, 1.807) is 30.4 Å². The van der Waals surface area contributed by atoms with Crippen molar-refractivity contribution >= 4 is 52.4 Å². The third-order valence-electron chi connectivity index (χ3n) is 2.27. The van der Waals surface area contributed by atoms with Gasteiger partial charge < -0.3 is 4.90 Å². The first-order chi connectivity index (χ1) is 7.95. The Bertz CT molecular complexity index is 510. The molecule has 0 amide bonds. The van der Waals surface area contributed by atoms with E-state index in [4.69, 9.17) is 34.8 Å². The number of amidine groups is 1. The molecule has 1 atom stereocenters. The molecule has 4 nitrogen and oxygen atoms in total. The third-order valence-corrected chi connectivity index (χ3v) is 2.83. The smallest absolute Gasteiger partial charge is 0.251 e.